The predicted octanol–water partition coefficient (Wildman–Crippen LogP) is 0.152. The topological polar surface area (TPSA) is 60.0 Å². The quantitative estimate of drug-likeness (QED) is 0.702. The molecule has 0 aliphatic carbocycles. The van der Waals surface area contributed by atoms with Crippen LogP contribution in [0.3, 0.4) is 0 Å². The third-order valence-electron chi connectivity index (χ3n) is 2.56. The van der Waals surface area contributed by atoms with Gasteiger partial charge in [-0.25, -0.2) is 0 Å². The molecule has 2 fully saturated rings. The van der Waals surface area contributed by atoms with Crippen molar-refractivity contribution in [1.29, 1.82) is 0 Å². The van der Waals surface area contributed by atoms with E-state index >= 15 is 0 Å². The van der Waals surface area contributed by atoms with Crippen molar-refractivity contribution >= 4 is 17.5 Å². The van der Waals surface area contributed by atoms with Gasteiger partial charge in [0.1, 0.15) is 12.7 Å². The van der Waals surface area contributed by atoms with Crippen LogP contribution in [0.15, 0.2) is 0 Å². The Hall–Kier alpha value is -0.920. The average molecular weight is 243 g/mol. The maximum atomic E-state index is 5.58. The van der Waals surface area contributed by atoms with Crippen LogP contribution in [0.1, 0.15) is 0 Å². The van der Waals surface area contributed by atoms with Crippen molar-refractivity contribution in [3.8, 4) is 5.88 Å². The highest BCUT2D eigenvalue weighted by Crippen LogP contribution is 2.27. The summed E-state index contributed by atoms with van der Waals surface area (Å²) in [6.07, 6.45) is 0.249. The Morgan fingerprint density at radius 1 is 1.38 bits per heavy atom. The first-order valence-electron chi connectivity index (χ1n) is 5.33. The summed E-state index contributed by atoms with van der Waals surface area (Å²) in [7, 11) is 0. The van der Waals surface area contributed by atoms with Gasteiger partial charge in [0, 0.05) is 13.1 Å². The van der Waals surface area contributed by atoms with Crippen LogP contribution in [0, 0.1) is 0 Å². The molecule has 0 amide bonds. The smallest absolute Gasteiger partial charge is 0.270 e. The number of anilines is 1. The van der Waals surface area contributed by atoms with E-state index in [9.17, 15) is 0 Å². The Morgan fingerprint density at radius 3 is 2.94 bits per heavy atom. The summed E-state index contributed by atoms with van der Waals surface area (Å²) >= 11 is 1.18. The highest BCUT2D eigenvalue weighted by atomic mass is 32.1. The zero-order valence-corrected chi connectivity index (χ0v) is 9.61. The lowest BCUT2D eigenvalue weighted by Crippen LogP contribution is -2.36. The summed E-state index contributed by atoms with van der Waals surface area (Å²) in [6.45, 7) is 4.54. The number of hydrogen-bond donors (Lipinski definition) is 0. The lowest BCUT2D eigenvalue weighted by atomic mass is 10.4. The monoisotopic (exact) mass is 243 g/mol. The van der Waals surface area contributed by atoms with E-state index in [0.29, 0.717) is 12.5 Å². The van der Waals surface area contributed by atoms with Crippen LogP contribution in [-0.4, -0.2) is 54.4 Å². The van der Waals surface area contributed by atoms with Crippen LogP contribution in [0.5, 0.6) is 5.88 Å². The number of morpholine rings is 1. The van der Waals surface area contributed by atoms with Gasteiger partial charge in [0.25, 0.3) is 5.88 Å². The van der Waals surface area contributed by atoms with Gasteiger partial charge in [0.2, 0.25) is 5.82 Å². The number of ether oxygens (including phenoxy) is 3. The fourth-order valence-corrected chi connectivity index (χ4v) is 2.09. The average Bonchev–Trinajstić information content (AvgIpc) is 3.05. The van der Waals surface area contributed by atoms with E-state index in [0.717, 1.165) is 38.7 Å². The molecule has 0 spiro atoms. The molecule has 2 aliphatic rings. The second kappa shape index (κ2) is 4.52. The van der Waals surface area contributed by atoms with Crippen LogP contribution >= 0.6 is 11.7 Å². The van der Waals surface area contributed by atoms with Gasteiger partial charge in [-0.05, 0) is 0 Å². The van der Waals surface area contributed by atoms with Gasteiger partial charge in [-0.15, -0.1) is 4.37 Å². The number of aromatic nitrogens is 2. The first kappa shape index (κ1) is 10.2. The van der Waals surface area contributed by atoms with Crippen LogP contribution in [-0.2, 0) is 9.47 Å². The third kappa shape index (κ3) is 2.26. The Bertz CT molecular complexity index is 350. The van der Waals surface area contributed by atoms with Gasteiger partial charge >= 0.3 is 0 Å². The molecule has 0 aromatic carbocycles. The summed E-state index contributed by atoms with van der Waals surface area (Å²) in [4.78, 5) is 2.15. The van der Waals surface area contributed by atoms with E-state index in [2.05, 4.69) is 13.6 Å². The van der Waals surface area contributed by atoms with E-state index in [1.165, 1.54) is 11.7 Å². The Labute approximate surface area is 97.4 Å². The highest BCUT2D eigenvalue weighted by Gasteiger charge is 2.26. The summed E-state index contributed by atoms with van der Waals surface area (Å²) in [5.74, 6) is 1.47. The molecule has 2 saturated heterocycles. The number of hydrogen-bond acceptors (Lipinski definition) is 7. The first-order valence-corrected chi connectivity index (χ1v) is 6.06. The summed E-state index contributed by atoms with van der Waals surface area (Å²) < 4.78 is 24.4. The molecule has 16 heavy (non-hydrogen) atoms. The molecule has 0 radical (unpaired) electrons. The summed E-state index contributed by atoms with van der Waals surface area (Å²) in [5.41, 5.74) is 0. The largest absolute Gasteiger partial charge is 0.472 e. The molecule has 3 heterocycles. The Morgan fingerprint density at radius 2 is 2.19 bits per heavy atom. The molecule has 0 bridgehead atoms. The van der Waals surface area contributed by atoms with E-state index < -0.39 is 0 Å². The molecule has 1 aromatic heterocycles. The molecule has 0 unspecified atom stereocenters. The van der Waals surface area contributed by atoms with Gasteiger partial charge < -0.3 is 19.1 Å². The molecule has 1 atom stereocenters. The van der Waals surface area contributed by atoms with Crippen LogP contribution in [0.25, 0.3) is 0 Å². The minimum absolute atomic E-state index is 0.249. The zero-order chi connectivity index (χ0) is 10.8. The van der Waals surface area contributed by atoms with Gasteiger partial charge in [0.15, 0.2) is 0 Å². The SMILES string of the molecule is C1CN(c2nsnc2OC[C@H]2CO2)CCO1. The van der Waals surface area contributed by atoms with E-state index in [4.69, 9.17) is 14.2 Å². The molecule has 2 aliphatic heterocycles. The lowest BCUT2D eigenvalue weighted by molar-refractivity contribution is 0.122. The van der Waals surface area contributed by atoms with Gasteiger partial charge in [-0.3, -0.25) is 0 Å². The highest BCUT2D eigenvalue weighted by molar-refractivity contribution is 6.99. The predicted molar refractivity (Wildman–Crippen MR) is 58.2 cm³/mol. The molecule has 0 N–H and O–H groups in total. The lowest BCUT2D eigenvalue weighted by Gasteiger charge is -2.26. The fourth-order valence-electron chi connectivity index (χ4n) is 1.57. The molecular formula is C9H13N3O3S. The van der Waals surface area contributed by atoms with E-state index in [-0.39, 0.29) is 6.10 Å². The number of epoxide rings is 1. The Kier molecular flexibility index (Phi) is 2.90. The van der Waals surface area contributed by atoms with Gasteiger partial charge in [-0.1, -0.05) is 0 Å². The second-order valence-electron chi connectivity index (χ2n) is 3.76. The number of rotatable bonds is 4. The summed E-state index contributed by atoms with van der Waals surface area (Å²) in [6, 6.07) is 0. The molecule has 7 heteroatoms. The van der Waals surface area contributed by atoms with E-state index in [1.807, 2.05) is 0 Å². The second-order valence-corrected chi connectivity index (χ2v) is 4.29. The van der Waals surface area contributed by atoms with Crippen LogP contribution in [0.2, 0.25) is 0 Å². The van der Waals surface area contributed by atoms with Gasteiger partial charge in [0.05, 0.1) is 31.5 Å². The van der Waals surface area contributed by atoms with Crippen LogP contribution in [0.4, 0.5) is 5.82 Å². The minimum Gasteiger partial charge on any atom is -0.472 e. The standard InChI is InChI=1S/C9H13N3O3S/c1-3-13-4-2-12(1)8-9(11-16-10-8)15-6-7-5-14-7/h7H,1-6H2/t7-/m1/s1. The molecular weight excluding hydrogens is 230 g/mol. The van der Waals surface area contributed by atoms with Crippen molar-refractivity contribution < 1.29 is 14.2 Å². The minimum atomic E-state index is 0.249. The zero-order valence-electron chi connectivity index (χ0n) is 8.79. The summed E-state index contributed by atoms with van der Waals surface area (Å²) in [5, 5.41) is 0. The van der Waals surface area contributed by atoms with Crippen LogP contribution < -0.4 is 9.64 Å². The third-order valence-corrected chi connectivity index (χ3v) is 3.06. The van der Waals surface area contributed by atoms with Crippen molar-refractivity contribution in [2.75, 3.05) is 44.4 Å². The van der Waals surface area contributed by atoms with Crippen molar-refractivity contribution in [3.05, 3.63) is 0 Å². The normalized spacial score (nSPS) is 24.5. The molecule has 3 rings (SSSR count). The fraction of sp³-hybridized carbons (Fsp3) is 0.778. The van der Waals surface area contributed by atoms with Crippen molar-refractivity contribution in [3.63, 3.8) is 0 Å². The van der Waals surface area contributed by atoms with Crippen molar-refractivity contribution in [2.24, 2.45) is 0 Å². The maximum Gasteiger partial charge on any atom is 0.270 e. The van der Waals surface area contributed by atoms with E-state index in [1.54, 1.807) is 0 Å². The van der Waals surface area contributed by atoms with Crippen molar-refractivity contribution in [1.82, 2.24) is 8.75 Å². The first-order chi connectivity index (χ1) is 7.93. The van der Waals surface area contributed by atoms with Gasteiger partial charge in [-0.2, -0.15) is 4.37 Å². The molecule has 88 valence electrons. The number of nitrogens with zero attached hydrogens (tertiary/aromatic N) is 3. The Balaban J connectivity index is 1.65. The molecule has 1 aromatic rings. The molecule has 6 nitrogen and oxygen atoms in total. The maximum absolute atomic E-state index is 5.58. The van der Waals surface area contributed by atoms with Crippen molar-refractivity contribution in [2.45, 2.75) is 6.10 Å². The molecule has 0 saturated carbocycles.